The molecular formula is C15H20N8OS. The van der Waals surface area contributed by atoms with Crippen molar-refractivity contribution in [2.45, 2.75) is 55.9 Å². The van der Waals surface area contributed by atoms with Crippen LogP contribution in [0.3, 0.4) is 0 Å². The maximum Gasteiger partial charge on any atom is 0.240 e. The van der Waals surface area contributed by atoms with Crippen molar-refractivity contribution in [3.63, 3.8) is 0 Å². The SMILES string of the molecule is C[C@@H](Sc1n[nH]c(CCC2CCCC2)n1)c1nc(-c2ncn[nH]2)no1. The summed E-state index contributed by atoms with van der Waals surface area (Å²) in [5.41, 5.74) is 0. The molecule has 0 aromatic carbocycles. The zero-order chi connectivity index (χ0) is 17.1. The first kappa shape index (κ1) is 16.2. The Morgan fingerprint density at radius 3 is 2.96 bits per heavy atom. The number of thioether (sulfide) groups is 1. The Labute approximate surface area is 148 Å². The maximum atomic E-state index is 5.31. The first-order valence-electron chi connectivity index (χ1n) is 8.55. The van der Waals surface area contributed by atoms with Crippen LogP contribution in [0.1, 0.15) is 56.0 Å². The van der Waals surface area contributed by atoms with E-state index in [1.807, 2.05) is 6.92 Å². The van der Waals surface area contributed by atoms with E-state index in [4.69, 9.17) is 4.52 Å². The third kappa shape index (κ3) is 3.89. The van der Waals surface area contributed by atoms with Gasteiger partial charge in [-0.2, -0.15) is 10.1 Å². The van der Waals surface area contributed by atoms with Crippen molar-refractivity contribution in [2.24, 2.45) is 5.92 Å². The van der Waals surface area contributed by atoms with E-state index in [0.717, 1.165) is 18.2 Å². The molecule has 1 aliphatic carbocycles. The van der Waals surface area contributed by atoms with Crippen LogP contribution in [0.25, 0.3) is 11.6 Å². The van der Waals surface area contributed by atoms with Gasteiger partial charge in [0.05, 0.1) is 5.25 Å². The first-order valence-corrected chi connectivity index (χ1v) is 9.43. The molecule has 1 saturated carbocycles. The number of hydrogen-bond acceptors (Lipinski definition) is 8. The molecule has 0 aliphatic heterocycles. The standard InChI is InChI=1S/C15H20N8OS/c1-9(14-19-13(23-24-14)12-16-8-17-21-12)25-15-18-11(20-22-15)7-6-10-4-2-3-5-10/h8-10H,2-7H2,1H3,(H,16,17,21)(H,18,20,22)/t9-/m1/s1. The van der Waals surface area contributed by atoms with Gasteiger partial charge in [0.1, 0.15) is 12.2 Å². The summed E-state index contributed by atoms with van der Waals surface area (Å²) < 4.78 is 5.31. The van der Waals surface area contributed by atoms with Gasteiger partial charge < -0.3 is 4.52 Å². The van der Waals surface area contributed by atoms with E-state index < -0.39 is 0 Å². The van der Waals surface area contributed by atoms with Crippen LogP contribution in [0.4, 0.5) is 0 Å². The Kier molecular flexibility index (Phi) is 4.77. The second-order valence-corrected chi connectivity index (χ2v) is 7.61. The molecule has 1 fully saturated rings. The molecule has 3 aromatic rings. The third-order valence-electron chi connectivity index (χ3n) is 4.47. The van der Waals surface area contributed by atoms with E-state index in [0.29, 0.717) is 22.7 Å². The van der Waals surface area contributed by atoms with Gasteiger partial charge in [0, 0.05) is 6.42 Å². The Balaban J connectivity index is 1.34. The van der Waals surface area contributed by atoms with Crippen molar-refractivity contribution in [2.75, 3.05) is 0 Å². The van der Waals surface area contributed by atoms with Crippen LogP contribution in [0.15, 0.2) is 16.0 Å². The Bertz CT molecular complexity index is 792. The van der Waals surface area contributed by atoms with Crippen LogP contribution < -0.4 is 0 Å². The monoisotopic (exact) mass is 360 g/mol. The smallest absolute Gasteiger partial charge is 0.240 e. The van der Waals surface area contributed by atoms with Gasteiger partial charge in [0.25, 0.3) is 0 Å². The van der Waals surface area contributed by atoms with Crippen LogP contribution in [0.5, 0.6) is 0 Å². The van der Waals surface area contributed by atoms with Crippen molar-refractivity contribution in [3.05, 3.63) is 18.0 Å². The normalized spacial score (nSPS) is 16.5. The molecule has 10 heteroatoms. The summed E-state index contributed by atoms with van der Waals surface area (Å²) in [6, 6.07) is 0. The van der Waals surface area contributed by atoms with E-state index in [-0.39, 0.29) is 5.25 Å². The highest BCUT2D eigenvalue weighted by Gasteiger charge is 2.20. The lowest BCUT2D eigenvalue weighted by atomic mass is 10.0. The quantitative estimate of drug-likeness (QED) is 0.617. The molecular weight excluding hydrogens is 340 g/mol. The molecule has 0 bridgehead atoms. The Morgan fingerprint density at radius 1 is 1.28 bits per heavy atom. The number of aryl methyl sites for hydroxylation is 1. The number of nitrogens with one attached hydrogen (secondary N) is 2. The third-order valence-corrected chi connectivity index (χ3v) is 5.42. The second-order valence-electron chi connectivity index (χ2n) is 6.30. The largest absolute Gasteiger partial charge is 0.338 e. The molecule has 1 atom stereocenters. The highest BCUT2D eigenvalue weighted by Crippen LogP contribution is 2.33. The summed E-state index contributed by atoms with van der Waals surface area (Å²) in [5, 5.41) is 18.4. The first-order chi connectivity index (χ1) is 12.3. The lowest BCUT2D eigenvalue weighted by Crippen LogP contribution is -1.97. The number of hydrogen-bond donors (Lipinski definition) is 2. The zero-order valence-corrected chi connectivity index (χ0v) is 14.8. The Morgan fingerprint density at radius 2 is 2.16 bits per heavy atom. The van der Waals surface area contributed by atoms with Gasteiger partial charge in [0.2, 0.25) is 16.9 Å². The number of nitrogens with zero attached hydrogens (tertiary/aromatic N) is 6. The predicted molar refractivity (Wildman–Crippen MR) is 90.6 cm³/mol. The summed E-state index contributed by atoms with van der Waals surface area (Å²) in [5.74, 6) is 3.20. The van der Waals surface area contributed by atoms with E-state index in [2.05, 4.69) is 40.5 Å². The van der Waals surface area contributed by atoms with Gasteiger partial charge in [-0.25, -0.2) is 9.97 Å². The number of H-pyrrole nitrogens is 2. The van der Waals surface area contributed by atoms with Crippen molar-refractivity contribution >= 4 is 11.8 Å². The van der Waals surface area contributed by atoms with E-state index in [9.17, 15) is 0 Å². The van der Waals surface area contributed by atoms with Crippen LogP contribution in [-0.2, 0) is 6.42 Å². The fourth-order valence-corrected chi connectivity index (χ4v) is 3.87. The molecule has 0 spiro atoms. The lowest BCUT2D eigenvalue weighted by Gasteiger charge is -2.05. The fourth-order valence-electron chi connectivity index (χ4n) is 3.10. The number of aromatic nitrogens is 8. The molecule has 9 nitrogen and oxygen atoms in total. The van der Waals surface area contributed by atoms with Crippen molar-refractivity contribution in [1.82, 2.24) is 40.5 Å². The van der Waals surface area contributed by atoms with Crippen LogP contribution in [0.2, 0.25) is 0 Å². The molecule has 2 N–H and O–H groups in total. The summed E-state index contributed by atoms with van der Waals surface area (Å²) in [7, 11) is 0. The molecule has 0 amide bonds. The van der Waals surface area contributed by atoms with Gasteiger partial charge in [-0.1, -0.05) is 42.6 Å². The summed E-state index contributed by atoms with van der Waals surface area (Å²) >= 11 is 1.49. The minimum Gasteiger partial charge on any atom is -0.338 e. The van der Waals surface area contributed by atoms with Gasteiger partial charge in [-0.3, -0.25) is 10.2 Å². The molecule has 25 heavy (non-hydrogen) atoms. The minimum atomic E-state index is -0.0531. The molecule has 0 unspecified atom stereocenters. The van der Waals surface area contributed by atoms with Crippen molar-refractivity contribution < 1.29 is 4.52 Å². The zero-order valence-electron chi connectivity index (χ0n) is 14.0. The molecule has 132 valence electrons. The summed E-state index contributed by atoms with van der Waals surface area (Å²) in [4.78, 5) is 12.9. The molecule has 0 saturated heterocycles. The highest BCUT2D eigenvalue weighted by molar-refractivity contribution is 7.99. The van der Waals surface area contributed by atoms with Gasteiger partial charge in [-0.15, -0.1) is 5.10 Å². The highest BCUT2D eigenvalue weighted by atomic mass is 32.2. The molecule has 0 radical (unpaired) electrons. The molecule has 1 aliphatic rings. The van der Waals surface area contributed by atoms with Crippen LogP contribution >= 0.6 is 11.8 Å². The van der Waals surface area contributed by atoms with Crippen LogP contribution in [-0.4, -0.2) is 40.5 Å². The van der Waals surface area contributed by atoms with E-state index in [1.165, 1.54) is 50.2 Å². The minimum absolute atomic E-state index is 0.0531. The molecule has 3 aromatic heterocycles. The summed E-state index contributed by atoms with van der Waals surface area (Å²) in [6.07, 6.45) is 9.03. The van der Waals surface area contributed by atoms with E-state index in [1.54, 1.807) is 0 Å². The maximum absolute atomic E-state index is 5.31. The molecule has 3 heterocycles. The van der Waals surface area contributed by atoms with Gasteiger partial charge in [-0.05, 0) is 19.3 Å². The second kappa shape index (κ2) is 7.34. The van der Waals surface area contributed by atoms with Crippen LogP contribution in [0, 0.1) is 5.92 Å². The number of rotatable bonds is 7. The average molecular weight is 360 g/mol. The van der Waals surface area contributed by atoms with Gasteiger partial charge >= 0.3 is 0 Å². The lowest BCUT2D eigenvalue weighted by molar-refractivity contribution is 0.380. The van der Waals surface area contributed by atoms with Crippen molar-refractivity contribution in [3.8, 4) is 11.6 Å². The fraction of sp³-hybridized carbons (Fsp3) is 0.600. The Hall–Kier alpha value is -2.23. The molecule has 4 rings (SSSR count). The van der Waals surface area contributed by atoms with E-state index >= 15 is 0 Å². The summed E-state index contributed by atoms with van der Waals surface area (Å²) in [6.45, 7) is 1.98. The topological polar surface area (TPSA) is 122 Å². The predicted octanol–water partition coefficient (Wildman–Crippen LogP) is 2.95. The number of aromatic amines is 2. The van der Waals surface area contributed by atoms with Gasteiger partial charge in [0.15, 0.2) is 5.82 Å². The average Bonchev–Trinajstić information content (AvgIpc) is 3.40. The van der Waals surface area contributed by atoms with Crippen molar-refractivity contribution in [1.29, 1.82) is 0 Å².